The van der Waals surface area contributed by atoms with E-state index < -0.39 is 5.69 Å². The van der Waals surface area contributed by atoms with Crippen LogP contribution in [0.5, 0.6) is 0 Å². The molecule has 8 nitrogen and oxygen atoms in total. The van der Waals surface area contributed by atoms with Crippen molar-refractivity contribution in [2.24, 2.45) is 7.05 Å². The molecule has 9 heteroatoms. The number of nitrogens with zero attached hydrogens (tertiary/aromatic N) is 4. The fourth-order valence-corrected chi connectivity index (χ4v) is 4.90. The van der Waals surface area contributed by atoms with Crippen LogP contribution in [-0.2, 0) is 24.8 Å². The van der Waals surface area contributed by atoms with Crippen molar-refractivity contribution in [2.75, 3.05) is 23.3 Å². The molecule has 0 spiro atoms. The van der Waals surface area contributed by atoms with E-state index in [0.29, 0.717) is 10.4 Å². The van der Waals surface area contributed by atoms with E-state index in [1.165, 1.54) is 28.5 Å². The molecule has 4 rings (SSSR count). The van der Waals surface area contributed by atoms with Crippen LogP contribution in [0.2, 0.25) is 0 Å². The summed E-state index contributed by atoms with van der Waals surface area (Å²) in [4.78, 5) is 44.8. The lowest BCUT2D eigenvalue weighted by molar-refractivity contribution is -0.116. The average Bonchev–Trinajstić information content (AvgIpc) is 3.45. The smallest absolute Gasteiger partial charge is 0.332 e. The molecule has 1 aliphatic rings. The minimum Gasteiger partial charge on any atom is -0.348 e. The molecule has 3 heterocycles. The van der Waals surface area contributed by atoms with Gasteiger partial charge in [0.15, 0.2) is 10.8 Å². The molecular formula is C22H27N5O3S. The number of unbranched alkanes of at least 4 members (excludes halogenated alkanes) is 1. The number of anilines is 2. The van der Waals surface area contributed by atoms with E-state index in [-0.39, 0.29) is 23.7 Å². The first-order chi connectivity index (χ1) is 15.0. The normalized spacial score (nSPS) is 13.8. The van der Waals surface area contributed by atoms with Gasteiger partial charge in [-0.05, 0) is 43.4 Å². The minimum atomic E-state index is -0.541. The lowest BCUT2D eigenvalue weighted by atomic mass is 10.1. The first-order valence-corrected chi connectivity index (χ1v) is 11.5. The predicted molar refractivity (Wildman–Crippen MR) is 124 cm³/mol. The summed E-state index contributed by atoms with van der Waals surface area (Å²) in [5.41, 5.74) is 1.27. The number of aryl methyl sites for hydroxylation is 1. The number of amides is 1. The molecule has 0 atom stereocenters. The molecule has 0 saturated carbocycles. The van der Waals surface area contributed by atoms with E-state index in [9.17, 15) is 14.4 Å². The summed E-state index contributed by atoms with van der Waals surface area (Å²) in [6.07, 6.45) is 5.45. The van der Waals surface area contributed by atoms with Gasteiger partial charge in [0.1, 0.15) is 11.2 Å². The number of carbonyl (C=O) groups is 1. The summed E-state index contributed by atoms with van der Waals surface area (Å²) < 4.78 is 2.74. The average molecular weight is 442 g/mol. The molecule has 1 fully saturated rings. The zero-order chi connectivity index (χ0) is 22.0. The number of nitrogens with one attached hydrogen (secondary N) is 1. The molecule has 0 unspecified atom stereocenters. The highest BCUT2D eigenvalue weighted by molar-refractivity contribution is 7.22. The topological polar surface area (TPSA) is 89.2 Å². The zero-order valence-corrected chi connectivity index (χ0v) is 18.7. The lowest BCUT2D eigenvalue weighted by Gasteiger charge is -2.12. The summed E-state index contributed by atoms with van der Waals surface area (Å²) >= 11 is 1.29. The Balaban J connectivity index is 1.59. The fourth-order valence-electron chi connectivity index (χ4n) is 3.80. The van der Waals surface area contributed by atoms with Crippen molar-refractivity contribution in [1.29, 1.82) is 0 Å². The van der Waals surface area contributed by atoms with Crippen LogP contribution < -0.4 is 21.5 Å². The monoisotopic (exact) mass is 441 g/mol. The van der Waals surface area contributed by atoms with Crippen LogP contribution in [0.15, 0.2) is 33.9 Å². The van der Waals surface area contributed by atoms with Crippen molar-refractivity contribution in [2.45, 2.75) is 45.6 Å². The number of hydrogen-bond donors (Lipinski definition) is 1. The molecule has 1 aromatic carbocycles. The predicted octanol–water partition coefficient (Wildman–Crippen LogP) is 2.74. The van der Waals surface area contributed by atoms with Crippen molar-refractivity contribution < 1.29 is 4.79 Å². The van der Waals surface area contributed by atoms with Crippen molar-refractivity contribution in [3.8, 4) is 0 Å². The van der Waals surface area contributed by atoms with E-state index in [4.69, 9.17) is 0 Å². The number of benzene rings is 1. The van der Waals surface area contributed by atoms with Crippen molar-refractivity contribution in [1.82, 2.24) is 14.1 Å². The number of fused-ring (bicyclic) bond motifs is 1. The molecule has 1 N–H and O–H groups in total. The molecule has 0 aliphatic carbocycles. The third kappa shape index (κ3) is 4.41. The maximum atomic E-state index is 12.8. The molecule has 2 aromatic heterocycles. The zero-order valence-electron chi connectivity index (χ0n) is 17.9. The second-order valence-corrected chi connectivity index (χ2v) is 8.90. The molecule has 164 valence electrons. The number of aromatic nitrogens is 3. The molecule has 31 heavy (non-hydrogen) atoms. The Morgan fingerprint density at radius 2 is 1.87 bits per heavy atom. The van der Waals surface area contributed by atoms with Crippen molar-refractivity contribution in [3.05, 3.63) is 50.7 Å². The van der Waals surface area contributed by atoms with Crippen LogP contribution in [0.4, 0.5) is 10.8 Å². The second-order valence-electron chi connectivity index (χ2n) is 7.92. The number of rotatable bonds is 7. The quantitative estimate of drug-likeness (QED) is 0.609. The highest BCUT2D eigenvalue weighted by atomic mass is 32.1. The standard InChI is InChI=1S/C22H27N5O3S/c1-3-4-7-15-8-10-16(11-9-15)23-17(28)14-27-19-18(20(29)25(2)22(27)30)31-21(24-19)26-12-5-6-13-26/h8-11H,3-7,12-14H2,1-2H3,(H,23,28). The van der Waals surface area contributed by atoms with E-state index in [1.54, 1.807) is 0 Å². The van der Waals surface area contributed by atoms with Gasteiger partial charge in [-0.1, -0.05) is 36.8 Å². The maximum Gasteiger partial charge on any atom is 0.332 e. The van der Waals surface area contributed by atoms with Gasteiger partial charge in [-0.2, -0.15) is 0 Å². The van der Waals surface area contributed by atoms with E-state index in [0.717, 1.165) is 54.9 Å². The molecule has 1 amide bonds. The number of thiazole rings is 1. The molecule has 3 aromatic rings. The maximum absolute atomic E-state index is 12.8. The van der Waals surface area contributed by atoms with Gasteiger partial charge in [-0.25, -0.2) is 9.78 Å². The van der Waals surface area contributed by atoms with Crippen molar-refractivity contribution >= 4 is 38.4 Å². The molecule has 1 aliphatic heterocycles. The van der Waals surface area contributed by atoms with Crippen LogP contribution in [0.1, 0.15) is 38.2 Å². The third-order valence-corrected chi connectivity index (χ3v) is 6.70. The SMILES string of the molecule is CCCCc1ccc(NC(=O)Cn2c(=O)n(C)c(=O)c3sc(N4CCCC4)nc32)cc1. The summed E-state index contributed by atoms with van der Waals surface area (Å²) in [7, 11) is 1.43. The highest BCUT2D eigenvalue weighted by Gasteiger charge is 2.22. The number of carbonyl (C=O) groups excluding carboxylic acids is 1. The van der Waals surface area contributed by atoms with Gasteiger partial charge in [-0.15, -0.1) is 0 Å². The Kier molecular flexibility index (Phi) is 6.22. The first kappa shape index (κ1) is 21.3. The Morgan fingerprint density at radius 3 is 2.55 bits per heavy atom. The molecule has 0 radical (unpaired) electrons. The Hall–Kier alpha value is -2.94. The Morgan fingerprint density at radius 1 is 1.16 bits per heavy atom. The van der Waals surface area contributed by atoms with Crippen LogP contribution in [-0.4, -0.2) is 33.1 Å². The lowest BCUT2D eigenvalue weighted by Crippen LogP contribution is -2.39. The van der Waals surface area contributed by atoms with Gasteiger partial charge in [-0.3, -0.25) is 18.7 Å². The van der Waals surface area contributed by atoms with Gasteiger partial charge < -0.3 is 10.2 Å². The molecule has 0 bridgehead atoms. The van der Waals surface area contributed by atoms with Crippen LogP contribution in [0.3, 0.4) is 0 Å². The third-order valence-electron chi connectivity index (χ3n) is 5.61. The van der Waals surface area contributed by atoms with Gasteiger partial charge in [0, 0.05) is 25.8 Å². The first-order valence-electron chi connectivity index (χ1n) is 10.7. The van der Waals surface area contributed by atoms with Crippen LogP contribution in [0.25, 0.3) is 10.3 Å². The summed E-state index contributed by atoms with van der Waals surface area (Å²) in [5, 5.41) is 3.57. The van der Waals surface area contributed by atoms with E-state index in [2.05, 4.69) is 22.1 Å². The summed E-state index contributed by atoms with van der Waals surface area (Å²) in [6, 6.07) is 7.75. The van der Waals surface area contributed by atoms with E-state index in [1.807, 2.05) is 24.3 Å². The largest absolute Gasteiger partial charge is 0.348 e. The highest BCUT2D eigenvalue weighted by Crippen LogP contribution is 2.28. The van der Waals surface area contributed by atoms with Crippen LogP contribution in [0, 0.1) is 0 Å². The van der Waals surface area contributed by atoms with Crippen molar-refractivity contribution in [3.63, 3.8) is 0 Å². The fraction of sp³-hybridized carbons (Fsp3) is 0.455. The van der Waals surface area contributed by atoms with Gasteiger partial charge >= 0.3 is 5.69 Å². The van der Waals surface area contributed by atoms with Gasteiger partial charge in [0.2, 0.25) is 5.91 Å². The van der Waals surface area contributed by atoms with Gasteiger partial charge in [0.25, 0.3) is 5.56 Å². The number of hydrogen-bond acceptors (Lipinski definition) is 6. The second kappa shape index (κ2) is 9.05. The summed E-state index contributed by atoms with van der Waals surface area (Å²) in [5.74, 6) is -0.334. The Bertz CT molecular complexity index is 1200. The molecule has 1 saturated heterocycles. The molecular weight excluding hydrogens is 414 g/mol. The van der Waals surface area contributed by atoms with E-state index >= 15 is 0 Å². The van der Waals surface area contributed by atoms with Crippen LogP contribution >= 0.6 is 11.3 Å². The summed E-state index contributed by atoms with van der Waals surface area (Å²) in [6.45, 7) is 3.73. The van der Waals surface area contributed by atoms with Gasteiger partial charge in [0.05, 0.1) is 0 Å². The Labute approximate surface area is 184 Å². The minimum absolute atomic E-state index is 0.204.